The molecular formula is C20H37NO4. The molecule has 1 N–H and O–H groups in total. The zero-order valence-corrected chi connectivity index (χ0v) is 16.4. The molecule has 0 spiro atoms. The molecule has 1 aliphatic rings. The van der Waals surface area contributed by atoms with Gasteiger partial charge in [0.1, 0.15) is 5.54 Å². The lowest BCUT2D eigenvalue weighted by Gasteiger charge is -2.27. The van der Waals surface area contributed by atoms with Crippen molar-refractivity contribution in [3.8, 4) is 0 Å². The molecule has 0 bridgehead atoms. The molecule has 0 aromatic heterocycles. The van der Waals surface area contributed by atoms with E-state index in [1.54, 1.807) is 0 Å². The van der Waals surface area contributed by atoms with Crippen molar-refractivity contribution in [3.63, 3.8) is 0 Å². The minimum Gasteiger partial charge on any atom is -0.464 e. The summed E-state index contributed by atoms with van der Waals surface area (Å²) >= 11 is 0. The molecule has 1 saturated carbocycles. The van der Waals surface area contributed by atoms with Gasteiger partial charge in [0.15, 0.2) is 0 Å². The highest BCUT2D eigenvalue weighted by atomic mass is 16.6. The summed E-state index contributed by atoms with van der Waals surface area (Å²) in [5, 5.41) is 2.79. The SMILES string of the molecule is CCCCCCCCCOC(=O)C1(NC(=O)OCC(C)C)CCCC1. The summed E-state index contributed by atoms with van der Waals surface area (Å²) in [6, 6.07) is 0. The van der Waals surface area contributed by atoms with Crippen molar-refractivity contribution in [1.82, 2.24) is 5.32 Å². The van der Waals surface area contributed by atoms with E-state index in [0.717, 1.165) is 25.7 Å². The Balaban J connectivity index is 2.29. The lowest BCUT2D eigenvalue weighted by Crippen LogP contribution is -2.53. The van der Waals surface area contributed by atoms with Gasteiger partial charge < -0.3 is 14.8 Å². The summed E-state index contributed by atoms with van der Waals surface area (Å²) < 4.78 is 10.6. The molecule has 0 unspecified atom stereocenters. The summed E-state index contributed by atoms with van der Waals surface area (Å²) in [4.78, 5) is 24.5. The van der Waals surface area contributed by atoms with E-state index in [-0.39, 0.29) is 11.9 Å². The molecule has 0 aromatic rings. The van der Waals surface area contributed by atoms with E-state index in [4.69, 9.17) is 9.47 Å². The molecule has 0 heterocycles. The monoisotopic (exact) mass is 355 g/mol. The third kappa shape index (κ3) is 8.59. The van der Waals surface area contributed by atoms with E-state index in [0.29, 0.717) is 26.1 Å². The van der Waals surface area contributed by atoms with Crippen molar-refractivity contribution >= 4 is 12.1 Å². The van der Waals surface area contributed by atoms with Crippen molar-refractivity contribution in [2.75, 3.05) is 13.2 Å². The number of hydrogen-bond donors (Lipinski definition) is 1. The third-order valence-corrected chi connectivity index (χ3v) is 4.72. The number of unbranched alkanes of at least 4 members (excludes halogenated alkanes) is 6. The summed E-state index contributed by atoms with van der Waals surface area (Å²) in [6.45, 7) is 6.97. The average Bonchev–Trinajstić information content (AvgIpc) is 3.05. The maximum absolute atomic E-state index is 12.5. The number of alkyl carbamates (subject to hydrolysis) is 1. The smallest absolute Gasteiger partial charge is 0.408 e. The topological polar surface area (TPSA) is 64.6 Å². The molecular weight excluding hydrogens is 318 g/mol. The maximum atomic E-state index is 12.5. The zero-order valence-electron chi connectivity index (χ0n) is 16.4. The molecule has 1 amide bonds. The van der Waals surface area contributed by atoms with Crippen LogP contribution in [-0.2, 0) is 14.3 Å². The van der Waals surface area contributed by atoms with Crippen LogP contribution in [0.5, 0.6) is 0 Å². The number of esters is 1. The maximum Gasteiger partial charge on any atom is 0.408 e. The van der Waals surface area contributed by atoms with Crippen LogP contribution in [0.1, 0.15) is 91.4 Å². The van der Waals surface area contributed by atoms with Gasteiger partial charge in [-0.25, -0.2) is 9.59 Å². The van der Waals surface area contributed by atoms with Crippen LogP contribution in [-0.4, -0.2) is 30.8 Å². The van der Waals surface area contributed by atoms with Crippen molar-refractivity contribution in [3.05, 3.63) is 0 Å². The van der Waals surface area contributed by atoms with E-state index < -0.39 is 11.6 Å². The van der Waals surface area contributed by atoms with E-state index in [9.17, 15) is 9.59 Å². The highest BCUT2D eigenvalue weighted by molar-refractivity contribution is 5.86. The standard InChI is InChI=1S/C20H37NO4/c1-4-5-6-7-8-9-12-15-24-18(22)20(13-10-11-14-20)21-19(23)25-16-17(2)3/h17H,4-16H2,1-3H3,(H,21,23). The summed E-state index contributed by atoms with van der Waals surface area (Å²) in [6.07, 6.45) is 10.9. The van der Waals surface area contributed by atoms with Crippen LogP contribution in [0.2, 0.25) is 0 Å². The molecule has 146 valence electrons. The highest BCUT2D eigenvalue weighted by Gasteiger charge is 2.44. The van der Waals surface area contributed by atoms with E-state index in [2.05, 4.69) is 12.2 Å². The van der Waals surface area contributed by atoms with Crippen LogP contribution >= 0.6 is 0 Å². The quantitative estimate of drug-likeness (QED) is 0.396. The van der Waals surface area contributed by atoms with E-state index in [1.165, 1.54) is 32.1 Å². The van der Waals surface area contributed by atoms with Gasteiger partial charge in [0.25, 0.3) is 0 Å². The second-order valence-electron chi connectivity index (χ2n) is 7.66. The van der Waals surface area contributed by atoms with Crippen LogP contribution < -0.4 is 5.32 Å². The van der Waals surface area contributed by atoms with Crippen LogP contribution in [0.3, 0.4) is 0 Å². The van der Waals surface area contributed by atoms with Gasteiger partial charge in [-0.3, -0.25) is 0 Å². The highest BCUT2D eigenvalue weighted by Crippen LogP contribution is 2.31. The molecule has 5 nitrogen and oxygen atoms in total. The van der Waals surface area contributed by atoms with Gasteiger partial charge in [-0.2, -0.15) is 0 Å². The van der Waals surface area contributed by atoms with Gasteiger partial charge in [-0.1, -0.05) is 72.1 Å². The Hall–Kier alpha value is -1.26. The van der Waals surface area contributed by atoms with Crippen LogP contribution in [0, 0.1) is 5.92 Å². The fourth-order valence-electron chi connectivity index (χ4n) is 3.19. The van der Waals surface area contributed by atoms with Gasteiger partial charge in [0.2, 0.25) is 0 Å². The Kier molecular flexibility index (Phi) is 10.6. The fourth-order valence-corrected chi connectivity index (χ4v) is 3.19. The van der Waals surface area contributed by atoms with E-state index in [1.807, 2.05) is 13.8 Å². The number of hydrogen-bond acceptors (Lipinski definition) is 4. The predicted molar refractivity (Wildman–Crippen MR) is 99.5 cm³/mol. The van der Waals surface area contributed by atoms with Crippen LogP contribution in [0.15, 0.2) is 0 Å². The normalized spacial score (nSPS) is 16.0. The minimum atomic E-state index is -0.880. The second kappa shape index (κ2) is 12.2. The first kappa shape index (κ1) is 21.8. The Morgan fingerprint density at radius 1 is 0.960 bits per heavy atom. The summed E-state index contributed by atoms with van der Waals surface area (Å²) in [5.41, 5.74) is -0.880. The number of carbonyl (C=O) groups is 2. The van der Waals surface area contributed by atoms with Crippen molar-refractivity contribution in [2.45, 2.75) is 96.9 Å². The van der Waals surface area contributed by atoms with Gasteiger partial charge >= 0.3 is 12.1 Å². The molecule has 0 aliphatic heterocycles. The molecule has 0 atom stereocenters. The Labute approximate surface area is 153 Å². The second-order valence-corrected chi connectivity index (χ2v) is 7.66. The predicted octanol–water partition coefficient (Wildman–Crippen LogP) is 4.98. The molecule has 1 aliphatic carbocycles. The molecule has 0 radical (unpaired) electrons. The molecule has 0 aromatic carbocycles. The largest absolute Gasteiger partial charge is 0.464 e. The lowest BCUT2D eigenvalue weighted by molar-refractivity contribution is -0.151. The third-order valence-electron chi connectivity index (χ3n) is 4.72. The molecule has 25 heavy (non-hydrogen) atoms. The number of nitrogens with one attached hydrogen (secondary N) is 1. The number of rotatable bonds is 12. The summed E-state index contributed by atoms with van der Waals surface area (Å²) in [5.74, 6) is -0.0213. The summed E-state index contributed by atoms with van der Waals surface area (Å²) in [7, 11) is 0. The Bertz CT molecular complexity index is 389. The van der Waals surface area contributed by atoms with E-state index >= 15 is 0 Å². The van der Waals surface area contributed by atoms with Gasteiger partial charge in [-0.05, 0) is 25.2 Å². The molecule has 1 fully saturated rings. The molecule has 5 heteroatoms. The van der Waals surface area contributed by atoms with Crippen molar-refractivity contribution < 1.29 is 19.1 Å². The lowest BCUT2D eigenvalue weighted by atomic mass is 9.98. The number of amides is 1. The Morgan fingerprint density at radius 2 is 1.56 bits per heavy atom. The first-order valence-corrected chi connectivity index (χ1v) is 10.1. The van der Waals surface area contributed by atoms with Crippen LogP contribution in [0.4, 0.5) is 4.79 Å². The van der Waals surface area contributed by atoms with Gasteiger partial charge in [0.05, 0.1) is 13.2 Å². The van der Waals surface area contributed by atoms with Gasteiger partial charge in [0, 0.05) is 0 Å². The first-order valence-electron chi connectivity index (χ1n) is 10.1. The number of carbonyl (C=O) groups excluding carboxylic acids is 2. The average molecular weight is 356 g/mol. The van der Waals surface area contributed by atoms with Gasteiger partial charge in [-0.15, -0.1) is 0 Å². The van der Waals surface area contributed by atoms with Crippen molar-refractivity contribution in [1.29, 1.82) is 0 Å². The van der Waals surface area contributed by atoms with Crippen LogP contribution in [0.25, 0.3) is 0 Å². The fraction of sp³-hybridized carbons (Fsp3) is 0.900. The van der Waals surface area contributed by atoms with Crippen molar-refractivity contribution in [2.24, 2.45) is 5.92 Å². The first-order chi connectivity index (χ1) is 12.0. The molecule has 0 saturated heterocycles. The zero-order chi connectivity index (χ0) is 18.5. The Morgan fingerprint density at radius 3 is 2.16 bits per heavy atom. The molecule has 1 rings (SSSR count). The number of ether oxygens (including phenoxy) is 2. The minimum absolute atomic E-state index is 0.273.